The van der Waals surface area contributed by atoms with Gasteiger partial charge < -0.3 is 20.5 Å². The molecule has 5 nitrogen and oxygen atoms in total. The van der Waals surface area contributed by atoms with Gasteiger partial charge in [-0.3, -0.25) is 0 Å². The summed E-state index contributed by atoms with van der Waals surface area (Å²) in [6.45, 7) is 0.341. The van der Waals surface area contributed by atoms with Gasteiger partial charge >= 0.3 is 6.03 Å². The maximum absolute atomic E-state index is 11.9. The van der Waals surface area contributed by atoms with Crippen molar-refractivity contribution in [3.8, 4) is 0 Å². The average Bonchev–Trinajstić information content (AvgIpc) is 2.62. The number of aryl methyl sites for hydroxylation is 2. The minimum absolute atomic E-state index is 0.149. The first-order valence-corrected chi connectivity index (χ1v) is 8.52. The van der Waals surface area contributed by atoms with Gasteiger partial charge in [0, 0.05) is 19.3 Å². The fourth-order valence-electron chi connectivity index (χ4n) is 2.58. The Morgan fingerprint density at radius 3 is 2.56 bits per heavy atom. The van der Waals surface area contributed by atoms with Crippen molar-refractivity contribution in [2.45, 2.75) is 25.4 Å². The third-order valence-electron chi connectivity index (χ3n) is 3.82. The first-order chi connectivity index (χ1) is 12.2. The van der Waals surface area contributed by atoms with Crippen molar-refractivity contribution in [3.63, 3.8) is 0 Å². The summed E-state index contributed by atoms with van der Waals surface area (Å²) in [6, 6.07) is 17.9. The lowest BCUT2D eigenvalue weighted by atomic mass is 10.0. The quantitative estimate of drug-likeness (QED) is 0.656. The zero-order valence-electron chi connectivity index (χ0n) is 14.6. The van der Waals surface area contributed by atoms with E-state index < -0.39 is 6.10 Å². The molecular weight excluding hydrogens is 316 g/mol. The Morgan fingerprint density at radius 2 is 1.80 bits per heavy atom. The molecule has 0 bridgehead atoms. The van der Waals surface area contributed by atoms with Gasteiger partial charge in [0.05, 0.1) is 12.7 Å². The maximum Gasteiger partial charge on any atom is 0.319 e. The van der Waals surface area contributed by atoms with Crippen LogP contribution < -0.4 is 10.6 Å². The van der Waals surface area contributed by atoms with Crippen molar-refractivity contribution in [2.75, 3.05) is 25.6 Å². The molecule has 0 fully saturated rings. The molecule has 0 saturated heterocycles. The number of hydrogen-bond donors (Lipinski definition) is 3. The molecule has 2 amide bonds. The lowest BCUT2D eigenvalue weighted by Gasteiger charge is -2.12. The van der Waals surface area contributed by atoms with E-state index in [2.05, 4.69) is 41.0 Å². The summed E-state index contributed by atoms with van der Waals surface area (Å²) in [7, 11) is 1.51. The third-order valence-corrected chi connectivity index (χ3v) is 3.82. The molecule has 0 radical (unpaired) electrons. The number of aliphatic hydroxyl groups is 1. The zero-order chi connectivity index (χ0) is 17.9. The van der Waals surface area contributed by atoms with Crippen LogP contribution in [0.4, 0.5) is 10.5 Å². The fourth-order valence-corrected chi connectivity index (χ4v) is 2.58. The Morgan fingerprint density at radius 1 is 1.08 bits per heavy atom. The lowest BCUT2D eigenvalue weighted by Crippen LogP contribution is -2.37. The molecule has 5 heteroatoms. The normalized spacial score (nSPS) is 11.8. The number of rotatable bonds is 9. The van der Waals surface area contributed by atoms with Crippen LogP contribution in [0.15, 0.2) is 54.6 Å². The molecule has 2 aromatic rings. The highest BCUT2D eigenvalue weighted by molar-refractivity contribution is 5.89. The van der Waals surface area contributed by atoms with Crippen molar-refractivity contribution >= 4 is 11.7 Å². The van der Waals surface area contributed by atoms with E-state index in [4.69, 9.17) is 4.74 Å². The molecule has 0 saturated carbocycles. The molecule has 2 aromatic carbocycles. The van der Waals surface area contributed by atoms with Gasteiger partial charge in [-0.2, -0.15) is 0 Å². The number of hydrogen-bond acceptors (Lipinski definition) is 3. The van der Waals surface area contributed by atoms with Crippen LogP contribution >= 0.6 is 0 Å². The standard InChI is InChI=1S/C20H26N2O3/c1-25-15-19(23)14-21-20(24)22-18-12-6-11-17(13-18)10-5-9-16-7-3-2-4-8-16/h2-4,6-8,11-13,19,23H,5,9-10,14-15H2,1H3,(H2,21,22,24). The summed E-state index contributed by atoms with van der Waals surface area (Å²) >= 11 is 0. The van der Waals surface area contributed by atoms with Gasteiger partial charge in [-0.1, -0.05) is 42.5 Å². The number of benzene rings is 2. The van der Waals surface area contributed by atoms with Crippen LogP contribution in [0.1, 0.15) is 17.5 Å². The van der Waals surface area contributed by atoms with Crippen molar-refractivity contribution in [1.82, 2.24) is 5.32 Å². The van der Waals surface area contributed by atoms with Crippen LogP contribution in [0, 0.1) is 0 Å². The molecule has 3 N–H and O–H groups in total. The minimum atomic E-state index is -0.708. The van der Waals surface area contributed by atoms with Gasteiger partial charge in [0.1, 0.15) is 0 Å². The zero-order valence-corrected chi connectivity index (χ0v) is 14.6. The maximum atomic E-state index is 11.9. The molecule has 0 aromatic heterocycles. The predicted molar refractivity (Wildman–Crippen MR) is 99.8 cm³/mol. The first kappa shape index (κ1) is 19.0. The number of aliphatic hydroxyl groups excluding tert-OH is 1. The van der Waals surface area contributed by atoms with Gasteiger partial charge in [-0.25, -0.2) is 4.79 Å². The van der Waals surface area contributed by atoms with E-state index in [1.54, 1.807) is 0 Å². The highest BCUT2D eigenvalue weighted by Crippen LogP contribution is 2.13. The van der Waals surface area contributed by atoms with E-state index in [-0.39, 0.29) is 19.2 Å². The molecule has 2 rings (SSSR count). The average molecular weight is 342 g/mol. The topological polar surface area (TPSA) is 70.6 Å². The minimum Gasteiger partial charge on any atom is -0.389 e. The van der Waals surface area contributed by atoms with Crippen molar-refractivity contribution in [2.24, 2.45) is 0 Å². The molecule has 1 atom stereocenters. The van der Waals surface area contributed by atoms with E-state index in [1.807, 2.05) is 24.3 Å². The molecule has 0 spiro atoms. The predicted octanol–water partition coefficient (Wildman–Crippen LogP) is 2.99. The molecule has 0 aliphatic heterocycles. The highest BCUT2D eigenvalue weighted by Gasteiger charge is 2.07. The van der Waals surface area contributed by atoms with Gasteiger partial charge in [0.15, 0.2) is 0 Å². The Hall–Kier alpha value is -2.37. The van der Waals surface area contributed by atoms with E-state index in [0.717, 1.165) is 24.9 Å². The molecule has 0 aliphatic carbocycles. The first-order valence-electron chi connectivity index (χ1n) is 8.52. The van der Waals surface area contributed by atoms with Gasteiger partial charge in [-0.15, -0.1) is 0 Å². The smallest absolute Gasteiger partial charge is 0.319 e. The van der Waals surface area contributed by atoms with Gasteiger partial charge in [0.2, 0.25) is 0 Å². The second-order valence-electron chi connectivity index (χ2n) is 5.98. The van der Waals surface area contributed by atoms with Crippen LogP contribution in [0.3, 0.4) is 0 Å². The molecular formula is C20H26N2O3. The van der Waals surface area contributed by atoms with Gasteiger partial charge in [-0.05, 0) is 42.5 Å². The van der Waals surface area contributed by atoms with Crippen molar-refractivity contribution in [1.29, 1.82) is 0 Å². The number of amides is 2. The van der Waals surface area contributed by atoms with Crippen molar-refractivity contribution in [3.05, 3.63) is 65.7 Å². The summed E-state index contributed by atoms with van der Waals surface area (Å²) in [5.74, 6) is 0. The number of urea groups is 1. The molecule has 25 heavy (non-hydrogen) atoms. The molecule has 134 valence electrons. The fraction of sp³-hybridized carbons (Fsp3) is 0.350. The third kappa shape index (κ3) is 7.37. The highest BCUT2D eigenvalue weighted by atomic mass is 16.5. The second-order valence-corrected chi connectivity index (χ2v) is 5.98. The Bertz CT molecular complexity index is 646. The van der Waals surface area contributed by atoms with E-state index in [1.165, 1.54) is 18.2 Å². The molecule has 0 heterocycles. The summed E-state index contributed by atoms with van der Waals surface area (Å²) in [4.78, 5) is 11.9. The summed E-state index contributed by atoms with van der Waals surface area (Å²) in [6.07, 6.45) is 2.35. The van der Waals surface area contributed by atoms with E-state index >= 15 is 0 Å². The lowest BCUT2D eigenvalue weighted by molar-refractivity contribution is 0.0663. The van der Waals surface area contributed by atoms with Crippen molar-refractivity contribution < 1.29 is 14.6 Å². The number of carbonyl (C=O) groups is 1. The monoisotopic (exact) mass is 342 g/mol. The second kappa shape index (κ2) is 10.5. The number of ether oxygens (including phenoxy) is 1. The Kier molecular flexibility index (Phi) is 7.95. The largest absolute Gasteiger partial charge is 0.389 e. The summed E-state index contributed by atoms with van der Waals surface area (Å²) in [5, 5.41) is 14.9. The SMILES string of the molecule is COCC(O)CNC(=O)Nc1cccc(CCCc2ccccc2)c1. The van der Waals surface area contributed by atoms with Crippen LogP contribution in [-0.4, -0.2) is 37.5 Å². The number of nitrogens with one attached hydrogen (secondary N) is 2. The van der Waals surface area contributed by atoms with Crippen LogP contribution in [0.2, 0.25) is 0 Å². The summed E-state index contributed by atoms with van der Waals surface area (Å²) in [5.41, 5.74) is 3.27. The number of anilines is 1. The Labute approximate surface area is 149 Å². The van der Waals surface area contributed by atoms with Crippen LogP contribution in [0.25, 0.3) is 0 Å². The van der Waals surface area contributed by atoms with E-state index in [9.17, 15) is 9.90 Å². The van der Waals surface area contributed by atoms with Crippen LogP contribution in [0.5, 0.6) is 0 Å². The number of methoxy groups -OCH3 is 1. The summed E-state index contributed by atoms with van der Waals surface area (Å²) < 4.78 is 4.82. The Balaban J connectivity index is 1.77. The van der Waals surface area contributed by atoms with E-state index in [0.29, 0.717) is 0 Å². The molecule has 0 aliphatic rings. The van der Waals surface area contributed by atoms with Gasteiger partial charge in [0.25, 0.3) is 0 Å². The van der Waals surface area contributed by atoms with Crippen LogP contribution in [-0.2, 0) is 17.6 Å². The molecule has 1 unspecified atom stereocenters. The number of carbonyl (C=O) groups excluding carboxylic acids is 1.